The third-order valence-corrected chi connectivity index (χ3v) is 11.5. The molecule has 0 unspecified atom stereocenters. The van der Waals surface area contributed by atoms with Crippen molar-refractivity contribution in [2.75, 3.05) is 13.7 Å². The van der Waals surface area contributed by atoms with E-state index < -0.39 is 14.2 Å². The molecule has 140 valence electrons. The molecule has 3 nitrogen and oxygen atoms in total. The Hall–Kier alpha value is -0.683. The number of fused-ring (bicyclic) bond motifs is 1. The Labute approximate surface area is 153 Å². The average Bonchev–Trinajstić information content (AvgIpc) is 2.92. The zero-order valence-corrected chi connectivity index (χ0v) is 17.4. The Morgan fingerprint density at radius 2 is 1.96 bits per heavy atom. The molecule has 1 saturated heterocycles. The van der Waals surface area contributed by atoms with Gasteiger partial charge in [0, 0.05) is 7.11 Å². The van der Waals surface area contributed by atoms with Crippen LogP contribution in [0.15, 0.2) is 30.3 Å². The fourth-order valence-corrected chi connectivity index (χ4v) is 10.3. The van der Waals surface area contributed by atoms with Crippen molar-refractivity contribution in [2.45, 2.75) is 70.1 Å². The molecule has 25 heavy (non-hydrogen) atoms. The van der Waals surface area contributed by atoms with Gasteiger partial charge in [-0.25, -0.2) is 0 Å². The van der Waals surface area contributed by atoms with Crippen LogP contribution in [0.4, 0.5) is 0 Å². The summed E-state index contributed by atoms with van der Waals surface area (Å²) in [6.45, 7) is 10.1. The lowest BCUT2D eigenvalue weighted by Crippen LogP contribution is -2.57. The molecule has 1 aliphatic heterocycles. The summed E-state index contributed by atoms with van der Waals surface area (Å²) in [5, 5.41) is 12.3. The second-order valence-electron chi connectivity index (χ2n) is 8.88. The van der Waals surface area contributed by atoms with Gasteiger partial charge in [0.25, 0.3) is 0 Å². The number of methoxy groups -OCH3 is 1. The predicted molar refractivity (Wildman–Crippen MR) is 105 cm³/mol. The van der Waals surface area contributed by atoms with E-state index in [4.69, 9.17) is 9.47 Å². The fraction of sp³-hybridized carbons (Fsp3) is 0.714. The maximum atomic E-state index is 10.8. The van der Waals surface area contributed by atoms with Gasteiger partial charge in [-0.05, 0) is 29.7 Å². The van der Waals surface area contributed by atoms with Crippen molar-refractivity contribution in [3.63, 3.8) is 0 Å². The molecule has 6 atom stereocenters. The van der Waals surface area contributed by atoms with E-state index >= 15 is 0 Å². The van der Waals surface area contributed by atoms with Gasteiger partial charge in [0.05, 0.1) is 26.9 Å². The lowest BCUT2D eigenvalue weighted by molar-refractivity contribution is -0.0775. The minimum absolute atomic E-state index is 0.127. The maximum Gasteiger partial charge on any atom is 0.103 e. The number of rotatable bonds is 5. The third kappa shape index (κ3) is 3.12. The molecule has 0 radical (unpaired) electrons. The Morgan fingerprint density at radius 1 is 1.28 bits per heavy atom. The molecule has 1 aliphatic carbocycles. The summed E-state index contributed by atoms with van der Waals surface area (Å²) in [7, 11) is -0.207. The lowest BCUT2D eigenvalue weighted by atomic mass is 9.65. The first-order valence-corrected chi connectivity index (χ1v) is 12.8. The van der Waals surface area contributed by atoms with Crippen LogP contribution >= 0.6 is 0 Å². The summed E-state index contributed by atoms with van der Waals surface area (Å²) in [5.41, 5.74) is 0.510. The molecule has 0 aromatic heterocycles. The Morgan fingerprint density at radius 3 is 2.60 bits per heavy atom. The van der Waals surface area contributed by atoms with E-state index in [1.165, 1.54) is 18.0 Å². The molecule has 0 bridgehead atoms. The minimum Gasteiger partial charge on any atom is -0.388 e. The first kappa shape index (κ1) is 19.1. The molecular weight excluding hydrogens is 328 g/mol. The van der Waals surface area contributed by atoms with Crippen molar-refractivity contribution in [1.29, 1.82) is 0 Å². The van der Waals surface area contributed by atoms with Crippen LogP contribution in [0.1, 0.15) is 33.1 Å². The molecule has 1 aromatic rings. The van der Waals surface area contributed by atoms with Gasteiger partial charge in [-0.3, -0.25) is 0 Å². The highest BCUT2D eigenvalue weighted by Crippen LogP contribution is 2.61. The number of benzene rings is 1. The van der Waals surface area contributed by atoms with Crippen molar-refractivity contribution < 1.29 is 14.6 Å². The molecule has 1 heterocycles. The monoisotopic (exact) mass is 362 g/mol. The third-order valence-electron chi connectivity index (χ3n) is 7.19. The maximum absolute atomic E-state index is 10.8. The fourth-order valence-electron chi connectivity index (χ4n) is 5.71. The Bertz CT molecular complexity index is 576. The van der Waals surface area contributed by atoms with Crippen LogP contribution in [0.2, 0.25) is 18.6 Å². The van der Waals surface area contributed by atoms with Gasteiger partial charge in [-0.2, -0.15) is 0 Å². The first-order chi connectivity index (χ1) is 11.8. The molecule has 1 aromatic carbocycles. The molecule has 1 N–H and O–H groups in total. The summed E-state index contributed by atoms with van der Waals surface area (Å²) in [6.07, 6.45) is 3.19. The van der Waals surface area contributed by atoms with Crippen molar-refractivity contribution in [2.24, 2.45) is 11.3 Å². The Kier molecular flexibility index (Phi) is 5.46. The van der Waals surface area contributed by atoms with Gasteiger partial charge < -0.3 is 14.6 Å². The number of hydrogen-bond acceptors (Lipinski definition) is 3. The smallest absolute Gasteiger partial charge is 0.103 e. The number of hydrogen-bond donors (Lipinski definition) is 1. The van der Waals surface area contributed by atoms with Crippen LogP contribution in [-0.4, -0.2) is 45.2 Å². The molecule has 4 heteroatoms. The second-order valence-corrected chi connectivity index (χ2v) is 13.5. The second kappa shape index (κ2) is 7.14. The summed E-state index contributed by atoms with van der Waals surface area (Å²) in [4.78, 5) is 0. The van der Waals surface area contributed by atoms with Gasteiger partial charge in [-0.1, -0.05) is 68.9 Å². The van der Waals surface area contributed by atoms with Crippen molar-refractivity contribution >= 4 is 13.3 Å². The van der Waals surface area contributed by atoms with Crippen molar-refractivity contribution in [3.05, 3.63) is 30.3 Å². The quantitative estimate of drug-likeness (QED) is 0.814. The highest BCUT2D eigenvalue weighted by molar-refractivity contribution is 6.91. The summed E-state index contributed by atoms with van der Waals surface area (Å²) < 4.78 is 11.9. The molecule has 0 spiro atoms. The molecule has 3 rings (SSSR count). The number of aliphatic hydroxyl groups is 1. The SMILES string of the molecule is COC[C@H](O)[C@H]1O[C@@H]2CCC[C@@H](C)[C@@]2(C)[C@@H]1[Si](C)(C)c1ccccc1. The van der Waals surface area contributed by atoms with Gasteiger partial charge in [0.2, 0.25) is 0 Å². The normalized spacial score (nSPS) is 36.9. The first-order valence-electron chi connectivity index (χ1n) is 9.71. The molecule has 0 amide bonds. The summed E-state index contributed by atoms with van der Waals surface area (Å²) in [5.74, 6) is 0.617. The van der Waals surface area contributed by atoms with Crippen LogP contribution in [-0.2, 0) is 9.47 Å². The van der Waals surface area contributed by atoms with E-state index in [1.807, 2.05) is 0 Å². The van der Waals surface area contributed by atoms with Gasteiger partial charge >= 0.3 is 0 Å². The summed E-state index contributed by atoms with van der Waals surface area (Å²) in [6, 6.07) is 10.9. The number of aliphatic hydroxyl groups excluding tert-OH is 1. The molecule has 2 aliphatic rings. The highest BCUT2D eigenvalue weighted by Gasteiger charge is 2.63. The summed E-state index contributed by atoms with van der Waals surface area (Å²) >= 11 is 0. The van der Waals surface area contributed by atoms with Crippen molar-refractivity contribution in [1.82, 2.24) is 0 Å². The van der Waals surface area contributed by atoms with Crippen LogP contribution in [0.3, 0.4) is 0 Å². The van der Waals surface area contributed by atoms with E-state index in [0.29, 0.717) is 18.1 Å². The topological polar surface area (TPSA) is 38.7 Å². The molecular formula is C21H34O3Si. The zero-order valence-electron chi connectivity index (χ0n) is 16.4. The Balaban J connectivity index is 2.06. The lowest BCUT2D eigenvalue weighted by Gasteiger charge is -2.49. The standard InChI is InChI=1S/C21H34O3Si/c1-15-10-9-13-18-21(15,2)20(19(24-18)17(22)14-23-3)25(4,5)16-11-7-6-8-12-16/h6-8,11-12,15,17-20,22H,9-10,13-14H2,1-5H3/t15-,17+,18-,19-,20-,21-/m1/s1. The van der Waals surface area contributed by atoms with E-state index in [1.54, 1.807) is 7.11 Å². The molecule has 2 fully saturated rings. The highest BCUT2D eigenvalue weighted by atomic mass is 28.3. The van der Waals surface area contributed by atoms with E-state index in [0.717, 1.165) is 6.42 Å². The number of ether oxygens (including phenoxy) is 2. The minimum atomic E-state index is -1.86. The largest absolute Gasteiger partial charge is 0.388 e. The van der Waals surface area contributed by atoms with Crippen LogP contribution in [0.5, 0.6) is 0 Å². The van der Waals surface area contributed by atoms with Crippen LogP contribution in [0.25, 0.3) is 0 Å². The molecule has 1 saturated carbocycles. The van der Waals surface area contributed by atoms with Crippen molar-refractivity contribution in [3.8, 4) is 0 Å². The predicted octanol–water partition coefficient (Wildman–Crippen LogP) is 3.57. The van der Waals surface area contributed by atoms with Crippen LogP contribution < -0.4 is 5.19 Å². The van der Waals surface area contributed by atoms with Crippen LogP contribution in [0, 0.1) is 11.3 Å². The van der Waals surface area contributed by atoms with Gasteiger partial charge in [0.15, 0.2) is 0 Å². The van der Waals surface area contributed by atoms with E-state index in [2.05, 4.69) is 57.3 Å². The van der Waals surface area contributed by atoms with E-state index in [9.17, 15) is 5.11 Å². The van der Waals surface area contributed by atoms with E-state index in [-0.39, 0.29) is 17.6 Å². The zero-order chi connectivity index (χ0) is 18.2. The van der Waals surface area contributed by atoms with Gasteiger partial charge in [0.1, 0.15) is 6.10 Å². The average molecular weight is 363 g/mol. The van der Waals surface area contributed by atoms with Gasteiger partial charge in [-0.15, -0.1) is 0 Å².